The fraction of sp³-hybridized carbons (Fsp3) is 0.267. The van der Waals surface area contributed by atoms with Crippen LogP contribution in [0.3, 0.4) is 0 Å². The first-order valence-corrected chi connectivity index (χ1v) is 7.61. The Balaban J connectivity index is 1.67. The van der Waals surface area contributed by atoms with Crippen molar-refractivity contribution in [2.24, 2.45) is 0 Å². The van der Waals surface area contributed by atoms with Crippen LogP contribution in [0.1, 0.15) is 6.92 Å². The highest BCUT2D eigenvalue weighted by molar-refractivity contribution is 6.07. The van der Waals surface area contributed by atoms with Gasteiger partial charge in [-0.2, -0.15) is 5.10 Å². The molecular formula is C15H16N8O2. The number of carbonyl (C=O) groups excluding carboxylic acids is 1. The molecule has 0 fully saturated rings. The maximum absolute atomic E-state index is 12.8. The number of fused-ring (bicyclic) bond motifs is 2. The Morgan fingerprint density at radius 3 is 3.04 bits per heavy atom. The maximum atomic E-state index is 12.8. The summed E-state index contributed by atoms with van der Waals surface area (Å²) >= 11 is 0. The highest BCUT2D eigenvalue weighted by atomic mass is 16.5. The topological polar surface area (TPSA) is 114 Å². The van der Waals surface area contributed by atoms with Crippen molar-refractivity contribution in [2.75, 3.05) is 24.4 Å². The van der Waals surface area contributed by atoms with Gasteiger partial charge < -0.3 is 15.0 Å². The first kappa shape index (κ1) is 15.1. The standard InChI is InChI=1S/C15H16N8O2/c1-8-10(7-23-15(22(8)2)19-20-21-23)14(24)17-12-5-4-11-9(6-16-18-11)13(12)25-3/h4-6H,7H2,1-3H3,(H,16,18)(H,17,24). The van der Waals surface area contributed by atoms with Crippen molar-refractivity contribution < 1.29 is 9.53 Å². The number of rotatable bonds is 3. The van der Waals surface area contributed by atoms with E-state index in [2.05, 4.69) is 31.0 Å². The number of hydrogen-bond donors (Lipinski definition) is 2. The fourth-order valence-electron chi connectivity index (χ4n) is 2.90. The summed E-state index contributed by atoms with van der Waals surface area (Å²) in [7, 11) is 3.38. The van der Waals surface area contributed by atoms with E-state index in [9.17, 15) is 4.79 Å². The monoisotopic (exact) mass is 340 g/mol. The van der Waals surface area contributed by atoms with Crippen LogP contribution in [0.2, 0.25) is 0 Å². The summed E-state index contributed by atoms with van der Waals surface area (Å²) in [5, 5.41) is 22.1. The van der Waals surface area contributed by atoms with Crippen molar-refractivity contribution in [1.29, 1.82) is 0 Å². The minimum absolute atomic E-state index is 0.230. The van der Waals surface area contributed by atoms with Crippen molar-refractivity contribution in [1.82, 2.24) is 30.4 Å². The van der Waals surface area contributed by atoms with Crippen LogP contribution in [0.5, 0.6) is 5.75 Å². The van der Waals surface area contributed by atoms with Gasteiger partial charge in [-0.25, -0.2) is 4.68 Å². The number of hydrogen-bond acceptors (Lipinski definition) is 7. The Morgan fingerprint density at radius 2 is 2.24 bits per heavy atom. The molecule has 0 atom stereocenters. The number of methoxy groups -OCH3 is 1. The molecule has 1 aliphatic rings. The van der Waals surface area contributed by atoms with Crippen LogP contribution in [0.15, 0.2) is 29.6 Å². The number of benzene rings is 1. The molecule has 1 aliphatic heterocycles. The summed E-state index contributed by atoms with van der Waals surface area (Å²) < 4.78 is 7.04. The van der Waals surface area contributed by atoms with Crippen molar-refractivity contribution >= 4 is 28.4 Å². The van der Waals surface area contributed by atoms with Crippen LogP contribution in [0, 0.1) is 0 Å². The molecule has 128 valence electrons. The third-order valence-corrected chi connectivity index (χ3v) is 4.36. The third kappa shape index (κ3) is 2.30. The lowest BCUT2D eigenvalue weighted by Gasteiger charge is -2.26. The maximum Gasteiger partial charge on any atom is 0.255 e. The van der Waals surface area contributed by atoms with E-state index in [0.717, 1.165) is 16.6 Å². The molecule has 0 radical (unpaired) electrons. The molecule has 0 unspecified atom stereocenters. The van der Waals surface area contributed by atoms with E-state index in [0.29, 0.717) is 29.5 Å². The quantitative estimate of drug-likeness (QED) is 0.728. The molecule has 4 rings (SSSR count). The van der Waals surface area contributed by atoms with E-state index in [1.54, 1.807) is 29.0 Å². The van der Waals surface area contributed by atoms with Crippen LogP contribution >= 0.6 is 0 Å². The summed E-state index contributed by atoms with van der Waals surface area (Å²) in [5.41, 5.74) is 2.78. The van der Waals surface area contributed by atoms with E-state index in [4.69, 9.17) is 4.74 Å². The zero-order valence-corrected chi connectivity index (χ0v) is 13.9. The van der Waals surface area contributed by atoms with E-state index in [1.807, 2.05) is 20.0 Å². The van der Waals surface area contributed by atoms with Crippen LogP contribution in [-0.4, -0.2) is 50.5 Å². The van der Waals surface area contributed by atoms with E-state index < -0.39 is 0 Å². The van der Waals surface area contributed by atoms with E-state index in [1.165, 1.54) is 0 Å². The second kappa shape index (κ2) is 5.58. The molecule has 0 spiro atoms. The number of anilines is 2. The number of allylic oxidation sites excluding steroid dienone is 1. The second-order valence-electron chi connectivity index (χ2n) is 5.69. The summed E-state index contributed by atoms with van der Waals surface area (Å²) in [6.07, 6.45) is 1.66. The van der Waals surface area contributed by atoms with E-state index >= 15 is 0 Å². The zero-order valence-electron chi connectivity index (χ0n) is 13.9. The molecule has 0 bridgehead atoms. The number of carbonyl (C=O) groups is 1. The van der Waals surface area contributed by atoms with Gasteiger partial charge >= 0.3 is 0 Å². The lowest BCUT2D eigenvalue weighted by Crippen LogP contribution is -2.32. The van der Waals surface area contributed by atoms with Gasteiger partial charge in [-0.05, 0) is 29.5 Å². The molecule has 3 heterocycles. The van der Waals surface area contributed by atoms with Gasteiger partial charge in [0.1, 0.15) is 0 Å². The van der Waals surface area contributed by atoms with Gasteiger partial charge in [-0.15, -0.1) is 0 Å². The molecule has 2 N–H and O–H groups in total. The number of nitrogens with zero attached hydrogens (tertiary/aromatic N) is 6. The van der Waals surface area contributed by atoms with Crippen LogP contribution in [0.4, 0.5) is 11.6 Å². The molecule has 25 heavy (non-hydrogen) atoms. The van der Waals surface area contributed by atoms with Gasteiger partial charge in [0.2, 0.25) is 5.95 Å². The molecule has 0 saturated heterocycles. The fourth-order valence-corrected chi connectivity index (χ4v) is 2.90. The van der Waals surface area contributed by atoms with Gasteiger partial charge in [0, 0.05) is 12.7 Å². The van der Waals surface area contributed by atoms with Crippen molar-refractivity contribution in [3.63, 3.8) is 0 Å². The normalized spacial score (nSPS) is 14.0. The highest BCUT2D eigenvalue weighted by Gasteiger charge is 2.27. The predicted molar refractivity (Wildman–Crippen MR) is 90.2 cm³/mol. The van der Waals surface area contributed by atoms with Crippen LogP contribution < -0.4 is 15.0 Å². The van der Waals surface area contributed by atoms with Gasteiger partial charge in [0.25, 0.3) is 5.91 Å². The number of ether oxygens (including phenoxy) is 1. The minimum Gasteiger partial charge on any atom is -0.494 e. The molecule has 1 aromatic carbocycles. The summed E-state index contributed by atoms with van der Waals surface area (Å²) in [6.45, 7) is 2.17. The Morgan fingerprint density at radius 1 is 1.40 bits per heavy atom. The molecule has 0 saturated carbocycles. The van der Waals surface area contributed by atoms with E-state index in [-0.39, 0.29) is 5.91 Å². The minimum atomic E-state index is -0.230. The summed E-state index contributed by atoms with van der Waals surface area (Å²) in [6, 6.07) is 3.62. The average molecular weight is 340 g/mol. The lowest BCUT2D eigenvalue weighted by atomic mass is 10.1. The van der Waals surface area contributed by atoms with Gasteiger partial charge in [0.15, 0.2) is 5.75 Å². The SMILES string of the molecule is COc1c(NC(=O)C2=C(C)N(C)c3nnnn3C2)ccc2[nH]ncc12. The number of aromatic amines is 1. The second-order valence-corrected chi connectivity index (χ2v) is 5.69. The van der Waals surface area contributed by atoms with Gasteiger partial charge in [-0.1, -0.05) is 5.10 Å². The van der Waals surface area contributed by atoms with Gasteiger partial charge in [-0.3, -0.25) is 9.89 Å². The Kier molecular flexibility index (Phi) is 3.38. The van der Waals surface area contributed by atoms with Crippen molar-refractivity contribution in [2.45, 2.75) is 13.5 Å². The Hall–Kier alpha value is -3.43. The largest absolute Gasteiger partial charge is 0.494 e. The lowest BCUT2D eigenvalue weighted by molar-refractivity contribution is -0.113. The molecule has 0 aliphatic carbocycles. The molecule has 3 aromatic rings. The number of aromatic nitrogens is 6. The third-order valence-electron chi connectivity index (χ3n) is 4.36. The molecule has 1 amide bonds. The number of H-pyrrole nitrogens is 1. The smallest absolute Gasteiger partial charge is 0.255 e. The Bertz CT molecular complexity index is 1000. The summed E-state index contributed by atoms with van der Waals surface area (Å²) in [4.78, 5) is 14.6. The molecular weight excluding hydrogens is 324 g/mol. The van der Waals surface area contributed by atoms with Crippen LogP contribution in [-0.2, 0) is 11.3 Å². The average Bonchev–Trinajstić information content (AvgIpc) is 3.26. The van der Waals surface area contributed by atoms with Crippen LogP contribution in [0.25, 0.3) is 10.9 Å². The van der Waals surface area contributed by atoms with Crippen molar-refractivity contribution in [3.8, 4) is 5.75 Å². The molecule has 10 nitrogen and oxygen atoms in total. The summed E-state index contributed by atoms with van der Waals surface area (Å²) in [5.74, 6) is 0.934. The molecule has 10 heteroatoms. The van der Waals surface area contributed by atoms with Gasteiger partial charge in [0.05, 0.1) is 42.0 Å². The Labute approximate surface area is 142 Å². The number of nitrogens with one attached hydrogen (secondary N) is 2. The highest BCUT2D eigenvalue weighted by Crippen LogP contribution is 2.33. The van der Waals surface area contributed by atoms with Crippen molar-refractivity contribution in [3.05, 3.63) is 29.6 Å². The predicted octanol–water partition coefficient (Wildman–Crippen LogP) is 0.920. The number of amides is 1. The first-order chi connectivity index (χ1) is 12.1. The zero-order chi connectivity index (χ0) is 17.6. The molecule has 2 aromatic heterocycles. The first-order valence-electron chi connectivity index (χ1n) is 7.61. The number of tetrazole rings is 1.